The molecule has 1 saturated heterocycles. The van der Waals surface area contributed by atoms with Crippen LogP contribution in [-0.4, -0.2) is 17.3 Å². The van der Waals surface area contributed by atoms with E-state index in [1.807, 2.05) is 0 Å². The molecule has 18 heavy (non-hydrogen) atoms. The van der Waals surface area contributed by atoms with E-state index in [-0.39, 0.29) is 10.8 Å². The van der Waals surface area contributed by atoms with Crippen molar-refractivity contribution in [1.82, 2.24) is 5.48 Å². The number of nitrogens with one attached hydrogen (secondary N) is 1. The van der Waals surface area contributed by atoms with Gasteiger partial charge in [-0.25, -0.2) is 5.48 Å². The second kappa shape index (κ2) is 4.53. The first kappa shape index (κ1) is 13.3. The molecule has 0 aliphatic carbocycles. The van der Waals surface area contributed by atoms with Crippen LogP contribution in [0.5, 0.6) is 0 Å². The summed E-state index contributed by atoms with van der Waals surface area (Å²) in [5.74, 6) is -1.84. The molecule has 1 N–H and O–H groups in total. The molecule has 1 fully saturated rings. The van der Waals surface area contributed by atoms with Crippen molar-refractivity contribution in [2.45, 2.75) is 25.4 Å². The Bertz CT molecular complexity index is 528. The van der Waals surface area contributed by atoms with Crippen molar-refractivity contribution in [3.63, 3.8) is 0 Å². The Morgan fingerprint density at radius 2 is 1.94 bits per heavy atom. The lowest BCUT2D eigenvalue weighted by Gasteiger charge is -2.33. The largest absolute Gasteiger partial charge is 0.295 e. The summed E-state index contributed by atoms with van der Waals surface area (Å²) in [7, 11) is 0. The summed E-state index contributed by atoms with van der Waals surface area (Å²) in [6.07, 6.45) is 0. The second-order valence-corrected chi connectivity index (χ2v) is 5.39. The molecule has 1 aliphatic rings. The van der Waals surface area contributed by atoms with Crippen molar-refractivity contribution in [3.05, 3.63) is 33.8 Å². The molecule has 0 bridgehead atoms. The van der Waals surface area contributed by atoms with Gasteiger partial charge >= 0.3 is 0 Å². The van der Waals surface area contributed by atoms with Gasteiger partial charge in [-0.05, 0) is 31.5 Å². The number of benzene rings is 1. The number of carbonyl (C=O) groups is 2. The van der Waals surface area contributed by atoms with Gasteiger partial charge in [-0.15, -0.1) is 0 Å². The fraction of sp³-hybridized carbons (Fsp3) is 0.333. The zero-order chi connectivity index (χ0) is 13.5. The maximum absolute atomic E-state index is 12.2. The molecule has 0 aromatic heterocycles. The normalized spacial score (nSPS) is 22.8. The molecule has 1 unspecified atom stereocenters. The molecular weight excluding hydrogens is 277 g/mol. The average molecular weight is 288 g/mol. The van der Waals surface area contributed by atoms with Gasteiger partial charge in [0.05, 0.1) is 0 Å². The van der Waals surface area contributed by atoms with Crippen LogP contribution in [0.3, 0.4) is 0 Å². The van der Waals surface area contributed by atoms with E-state index in [0.717, 1.165) is 0 Å². The Kier molecular flexibility index (Phi) is 3.36. The lowest BCUT2D eigenvalue weighted by atomic mass is 9.85. The van der Waals surface area contributed by atoms with E-state index in [2.05, 4.69) is 5.48 Å². The van der Waals surface area contributed by atoms with E-state index >= 15 is 0 Å². The second-order valence-electron chi connectivity index (χ2n) is 4.54. The van der Waals surface area contributed by atoms with Crippen LogP contribution >= 0.6 is 23.2 Å². The van der Waals surface area contributed by atoms with Gasteiger partial charge in [-0.2, -0.15) is 0 Å². The van der Waals surface area contributed by atoms with Crippen LogP contribution in [0.15, 0.2) is 18.2 Å². The van der Waals surface area contributed by atoms with Crippen LogP contribution in [0, 0.1) is 0 Å². The highest BCUT2D eigenvalue weighted by Gasteiger charge is 2.45. The number of hydroxylamine groups is 1. The monoisotopic (exact) mass is 287 g/mol. The molecule has 0 spiro atoms. The highest BCUT2D eigenvalue weighted by atomic mass is 35.5. The molecular formula is C12H11Cl2NO3. The van der Waals surface area contributed by atoms with Crippen molar-refractivity contribution in [2.24, 2.45) is 0 Å². The first-order valence-electron chi connectivity index (χ1n) is 5.30. The minimum absolute atomic E-state index is 0.286. The van der Waals surface area contributed by atoms with Crippen LogP contribution in [-0.2, 0) is 14.4 Å². The van der Waals surface area contributed by atoms with Gasteiger partial charge in [0.2, 0.25) is 0 Å². The summed E-state index contributed by atoms with van der Waals surface area (Å²) in [6.45, 7) is 3.18. The first-order chi connectivity index (χ1) is 8.33. The summed E-state index contributed by atoms with van der Waals surface area (Å²) in [6, 6.07) is 4.67. The number of halogens is 2. The Morgan fingerprint density at radius 3 is 2.56 bits per heavy atom. The smallest absolute Gasteiger partial charge is 0.258 e. The highest BCUT2D eigenvalue weighted by Crippen LogP contribution is 2.33. The van der Waals surface area contributed by atoms with Crippen LogP contribution in [0.4, 0.5) is 0 Å². The van der Waals surface area contributed by atoms with E-state index < -0.39 is 17.4 Å². The third kappa shape index (κ3) is 2.23. The van der Waals surface area contributed by atoms with E-state index in [4.69, 9.17) is 28.0 Å². The third-order valence-electron chi connectivity index (χ3n) is 2.80. The summed E-state index contributed by atoms with van der Waals surface area (Å²) in [5.41, 5.74) is 1.59. The molecule has 1 atom stereocenters. The van der Waals surface area contributed by atoms with Crippen LogP contribution in [0.2, 0.25) is 10.0 Å². The third-order valence-corrected chi connectivity index (χ3v) is 3.36. The number of rotatable bonds is 1. The molecule has 1 aliphatic heterocycles. The zero-order valence-electron chi connectivity index (χ0n) is 9.79. The van der Waals surface area contributed by atoms with E-state index in [0.29, 0.717) is 10.6 Å². The van der Waals surface area contributed by atoms with Crippen molar-refractivity contribution >= 4 is 34.9 Å². The lowest BCUT2D eigenvalue weighted by Crippen LogP contribution is -2.54. The van der Waals surface area contributed by atoms with Crippen LogP contribution in [0.25, 0.3) is 0 Å². The maximum Gasteiger partial charge on any atom is 0.258 e. The molecule has 1 heterocycles. The molecule has 2 rings (SSSR count). The average Bonchev–Trinajstić information content (AvgIpc) is 2.28. The van der Waals surface area contributed by atoms with Gasteiger partial charge in [0.25, 0.3) is 5.91 Å². The van der Waals surface area contributed by atoms with Crippen molar-refractivity contribution < 1.29 is 14.4 Å². The molecule has 1 amide bonds. The van der Waals surface area contributed by atoms with Crippen LogP contribution in [0.1, 0.15) is 25.3 Å². The van der Waals surface area contributed by atoms with Gasteiger partial charge in [0, 0.05) is 10.0 Å². The zero-order valence-corrected chi connectivity index (χ0v) is 11.3. The molecule has 1 aromatic rings. The quantitative estimate of drug-likeness (QED) is 0.808. The first-order valence-corrected chi connectivity index (χ1v) is 6.05. The van der Waals surface area contributed by atoms with E-state index in [1.165, 1.54) is 6.07 Å². The van der Waals surface area contributed by atoms with Crippen LogP contribution < -0.4 is 5.48 Å². The molecule has 4 nitrogen and oxygen atoms in total. The summed E-state index contributed by atoms with van der Waals surface area (Å²) >= 11 is 11.8. The molecule has 1 aromatic carbocycles. The van der Waals surface area contributed by atoms with E-state index in [9.17, 15) is 9.59 Å². The minimum atomic E-state index is -1.08. The highest BCUT2D eigenvalue weighted by molar-refractivity contribution is 6.35. The predicted octanol–water partition coefficient (Wildman–Crippen LogP) is 2.49. The van der Waals surface area contributed by atoms with Crippen molar-refractivity contribution in [3.8, 4) is 0 Å². The summed E-state index contributed by atoms with van der Waals surface area (Å²) < 4.78 is 0. The van der Waals surface area contributed by atoms with Gasteiger partial charge in [0.15, 0.2) is 5.78 Å². The van der Waals surface area contributed by atoms with Crippen molar-refractivity contribution in [1.29, 1.82) is 0 Å². The topological polar surface area (TPSA) is 55.4 Å². The number of ketones is 1. The fourth-order valence-corrected chi connectivity index (χ4v) is 2.29. The Balaban J connectivity index is 2.47. The summed E-state index contributed by atoms with van der Waals surface area (Å²) in [5, 5.41) is 0.733. The van der Waals surface area contributed by atoms with E-state index in [1.54, 1.807) is 26.0 Å². The molecule has 6 heteroatoms. The number of hydrogen-bond donors (Lipinski definition) is 1. The maximum atomic E-state index is 12.2. The number of carbonyl (C=O) groups excluding carboxylic acids is 2. The van der Waals surface area contributed by atoms with Gasteiger partial charge in [-0.3, -0.25) is 14.4 Å². The van der Waals surface area contributed by atoms with Gasteiger partial charge < -0.3 is 0 Å². The SMILES string of the molecule is CC1(C)ONC(=O)C(c2ccc(Cl)cc2Cl)C1=O. The van der Waals surface area contributed by atoms with Gasteiger partial charge in [-0.1, -0.05) is 29.3 Å². The lowest BCUT2D eigenvalue weighted by molar-refractivity contribution is -0.174. The standard InChI is InChI=1S/C12H11Cl2NO3/c1-12(2)10(16)9(11(17)15-18-12)7-4-3-6(13)5-8(7)14/h3-5,9H,1-2H3,(H,15,17). The molecule has 96 valence electrons. The molecule has 0 radical (unpaired) electrons. The van der Waals surface area contributed by atoms with Gasteiger partial charge in [0.1, 0.15) is 11.5 Å². The predicted molar refractivity (Wildman–Crippen MR) is 67.5 cm³/mol. The molecule has 0 saturated carbocycles. The Labute approximate surface area is 114 Å². The fourth-order valence-electron chi connectivity index (χ4n) is 1.77. The Morgan fingerprint density at radius 1 is 1.28 bits per heavy atom. The minimum Gasteiger partial charge on any atom is -0.295 e. The Hall–Kier alpha value is -1.10. The van der Waals surface area contributed by atoms with Crippen molar-refractivity contribution in [2.75, 3.05) is 0 Å². The number of Topliss-reactive ketones (excluding diaryl/α,β-unsaturated/α-hetero) is 1. The number of amides is 1. The number of hydrogen-bond acceptors (Lipinski definition) is 3. The summed E-state index contributed by atoms with van der Waals surface area (Å²) in [4.78, 5) is 29.0.